The van der Waals surface area contributed by atoms with Crippen molar-refractivity contribution in [2.45, 2.75) is 17.7 Å². The maximum atomic E-state index is 12.6. The normalized spacial score (nSPS) is 11.6. The average molecular weight is 412 g/mol. The summed E-state index contributed by atoms with van der Waals surface area (Å²) in [6.07, 6.45) is -2.50. The summed E-state index contributed by atoms with van der Waals surface area (Å²) >= 11 is 7.75. The van der Waals surface area contributed by atoms with Crippen LogP contribution in [0.1, 0.15) is 21.5 Å². The van der Waals surface area contributed by atoms with Gasteiger partial charge >= 0.3 is 12.1 Å². The molecule has 0 aliphatic rings. The lowest BCUT2D eigenvalue weighted by Crippen LogP contribution is -2.08. The summed E-state index contributed by atoms with van der Waals surface area (Å²) < 4.78 is 42.9. The van der Waals surface area contributed by atoms with Crippen LogP contribution in [0.25, 0.3) is 10.9 Å². The molecule has 0 fully saturated rings. The van der Waals surface area contributed by atoms with Crippen LogP contribution in [0.15, 0.2) is 53.4 Å². The fourth-order valence-corrected chi connectivity index (χ4v) is 3.05. The Bertz CT molecular complexity index is 991. The smallest absolute Gasteiger partial charge is 0.416 e. The van der Waals surface area contributed by atoms with Crippen LogP contribution in [-0.4, -0.2) is 17.2 Å². The molecule has 0 spiro atoms. The Balaban J connectivity index is 1.74. The quantitative estimate of drug-likeness (QED) is 0.300. The number of hydrogen-bond donors (Lipinski definition) is 0. The van der Waals surface area contributed by atoms with Gasteiger partial charge in [-0.15, -0.1) is 11.8 Å². The predicted molar refractivity (Wildman–Crippen MR) is 99.1 cm³/mol. The highest BCUT2D eigenvalue weighted by molar-refractivity contribution is 7.98. The van der Waals surface area contributed by atoms with Gasteiger partial charge in [0, 0.05) is 15.8 Å². The van der Waals surface area contributed by atoms with Crippen LogP contribution in [0, 0.1) is 0 Å². The lowest BCUT2D eigenvalue weighted by Gasteiger charge is -2.10. The largest absolute Gasteiger partial charge is 0.457 e. The third-order valence-corrected chi connectivity index (χ3v) is 4.91. The summed E-state index contributed by atoms with van der Waals surface area (Å²) in [5, 5.41) is 1.05. The molecule has 0 N–H and O–H groups in total. The Hall–Kier alpha value is -2.25. The summed E-state index contributed by atoms with van der Waals surface area (Å²) in [4.78, 5) is 17.4. The van der Waals surface area contributed by atoms with Gasteiger partial charge in [-0.1, -0.05) is 17.7 Å². The molecule has 1 heterocycles. The van der Waals surface area contributed by atoms with Crippen LogP contribution in [0.2, 0.25) is 5.15 Å². The van der Waals surface area contributed by atoms with Crippen LogP contribution < -0.4 is 0 Å². The molecular weight excluding hydrogens is 399 g/mol. The highest BCUT2D eigenvalue weighted by Crippen LogP contribution is 2.29. The standard InChI is InChI=1S/C19H13ClF3NO2S/c1-27-15-7-4-12-8-13(17(20)24-16(12)9-15)10-26-18(25)11-2-5-14(6-3-11)19(21,22)23/h2-9H,10H2,1H3. The minimum absolute atomic E-state index is 0.0254. The van der Waals surface area contributed by atoms with E-state index in [9.17, 15) is 18.0 Å². The molecule has 140 valence electrons. The molecule has 0 amide bonds. The van der Waals surface area contributed by atoms with Crippen molar-refractivity contribution in [2.75, 3.05) is 6.26 Å². The molecule has 3 aromatic rings. The Kier molecular flexibility index (Phi) is 5.62. The molecule has 0 saturated heterocycles. The van der Waals surface area contributed by atoms with Crippen LogP contribution >= 0.6 is 23.4 Å². The number of rotatable bonds is 4. The minimum atomic E-state index is -4.46. The zero-order valence-electron chi connectivity index (χ0n) is 14.0. The first-order chi connectivity index (χ1) is 12.8. The number of thioether (sulfide) groups is 1. The second kappa shape index (κ2) is 7.78. The maximum absolute atomic E-state index is 12.6. The SMILES string of the molecule is CSc1ccc2cc(COC(=O)c3ccc(C(F)(F)F)cc3)c(Cl)nc2c1. The van der Waals surface area contributed by atoms with Crippen LogP contribution in [0.5, 0.6) is 0 Å². The van der Waals surface area contributed by atoms with Gasteiger partial charge in [0.05, 0.1) is 16.6 Å². The van der Waals surface area contributed by atoms with E-state index in [0.29, 0.717) is 5.56 Å². The second-order valence-electron chi connectivity index (χ2n) is 5.65. The number of fused-ring (bicyclic) bond motifs is 1. The molecule has 0 atom stereocenters. The number of nitrogens with zero attached hydrogens (tertiary/aromatic N) is 1. The van der Waals surface area contributed by atoms with Crippen molar-refractivity contribution in [3.8, 4) is 0 Å². The van der Waals surface area contributed by atoms with E-state index in [0.717, 1.165) is 40.1 Å². The van der Waals surface area contributed by atoms with Gasteiger partial charge in [0.25, 0.3) is 0 Å². The highest BCUT2D eigenvalue weighted by atomic mass is 35.5. The molecule has 27 heavy (non-hydrogen) atoms. The second-order valence-corrected chi connectivity index (χ2v) is 6.89. The Morgan fingerprint density at radius 1 is 1.15 bits per heavy atom. The molecule has 0 saturated carbocycles. The van der Waals surface area contributed by atoms with E-state index in [2.05, 4.69) is 4.98 Å². The number of aromatic nitrogens is 1. The molecule has 0 radical (unpaired) electrons. The monoisotopic (exact) mass is 411 g/mol. The van der Waals surface area contributed by atoms with Gasteiger partial charge in [0.15, 0.2) is 0 Å². The Labute approximate surface area is 162 Å². The first kappa shape index (κ1) is 19.5. The summed E-state index contributed by atoms with van der Waals surface area (Å²) in [7, 11) is 0. The van der Waals surface area contributed by atoms with Crippen molar-refractivity contribution in [1.29, 1.82) is 0 Å². The third kappa shape index (κ3) is 4.54. The number of esters is 1. The molecule has 2 aromatic carbocycles. The Morgan fingerprint density at radius 2 is 1.85 bits per heavy atom. The molecule has 0 aliphatic heterocycles. The van der Waals surface area contributed by atoms with E-state index < -0.39 is 17.7 Å². The molecule has 0 aliphatic carbocycles. The van der Waals surface area contributed by atoms with Crippen molar-refractivity contribution < 1.29 is 22.7 Å². The molecule has 1 aromatic heterocycles. The van der Waals surface area contributed by atoms with Crippen molar-refractivity contribution in [2.24, 2.45) is 0 Å². The zero-order chi connectivity index (χ0) is 19.6. The van der Waals surface area contributed by atoms with Crippen molar-refractivity contribution in [1.82, 2.24) is 4.98 Å². The minimum Gasteiger partial charge on any atom is -0.457 e. The van der Waals surface area contributed by atoms with E-state index >= 15 is 0 Å². The lowest BCUT2D eigenvalue weighted by molar-refractivity contribution is -0.137. The van der Waals surface area contributed by atoms with E-state index in [1.54, 1.807) is 17.8 Å². The number of carbonyl (C=O) groups is 1. The van der Waals surface area contributed by atoms with Gasteiger partial charge in [-0.2, -0.15) is 13.2 Å². The van der Waals surface area contributed by atoms with E-state index in [1.807, 2.05) is 24.5 Å². The number of carbonyl (C=O) groups excluding carboxylic acids is 1. The summed E-state index contributed by atoms with van der Waals surface area (Å²) in [5.41, 5.74) is 0.439. The fraction of sp³-hybridized carbons (Fsp3) is 0.158. The number of alkyl halides is 3. The number of benzene rings is 2. The lowest BCUT2D eigenvalue weighted by atomic mass is 10.1. The first-order valence-electron chi connectivity index (χ1n) is 7.75. The molecule has 3 nitrogen and oxygen atoms in total. The first-order valence-corrected chi connectivity index (χ1v) is 9.36. The third-order valence-electron chi connectivity index (χ3n) is 3.86. The van der Waals surface area contributed by atoms with Crippen molar-refractivity contribution in [3.63, 3.8) is 0 Å². The summed E-state index contributed by atoms with van der Waals surface area (Å²) in [6.45, 7) is -0.133. The predicted octanol–water partition coefficient (Wildman–Crippen LogP) is 5.99. The Morgan fingerprint density at radius 3 is 2.48 bits per heavy atom. The molecule has 0 bridgehead atoms. The van der Waals surface area contributed by atoms with Gasteiger partial charge in [0.1, 0.15) is 11.8 Å². The molecule has 8 heteroatoms. The van der Waals surface area contributed by atoms with Gasteiger partial charge in [-0.05, 0) is 48.7 Å². The van der Waals surface area contributed by atoms with Gasteiger partial charge < -0.3 is 4.74 Å². The molecular formula is C19H13ClF3NO2S. The summed E-state index contributed by atoms with van der Waals surface area (Å²) in [6, 6.07) is 11.4. The van der Waals surface area contributed by atoms with Crippen LogP contribution in [0.4, 0.5) is 13.2 Å². The topological polar surface area (TPSA) is 39.2 Å². The molecule has 3 rings (SSSR count). The number of hydrogen-bond acceptors (Lipinski definition) is 4. The number of halogens is 4. The molecule has 0 unspecified atom stereocenters. The number of ether oxygens (including phenoxy) is 1. The zero-order valence-corrected chi connectivity index (χ0v) is 15.6. The van der Waals surface area contributed by atoms with Crippen LogP contribution in [0.3, 0.4) is 0 Å². The van der Waals surface area contributed by atoms with E-state index in [-0.39, 0.29) is 17.3 Å². The highest BCUT2D eigenvalue weighted by Gasteiger charge is 2.30. The van der Waals surface area contributed by atoms with E-state index in [1.165, 1.54) is 0 Å². The number of pyridine rings is 1. The van der Waals surface area contributed by atoms with E-state index in [4.69, 9.17) is 16.3 Å². The summed E-state index contributed by atoms with van der Waals surface area (Å²) in [5.74, 6) is -0.738. The van der Waals surface area contributed by atoms with Crippen LogP contribution in [-0.2, 0) is 17.5 Å². The van der Waals surface area contributed by atoms with Crippen molar-refractivity contribution in [3.05, 3.63) is 70.4 Å². The van der Waals surface area contributed by atoms with Gasteiger partial charge in [-0.25, -0.2) is 9.78 Å². The maximum Gasteiger partial charge on any atom is 0.416 e. The average Bonchev–Trinajstić information content (AvgIpc) is 2.65. The van der Waals surface area contributed by atoms with Gasteiger partial charge in [-0.3, -0.25) is 0 Å². The fourth-order valence-electron chi connectivity index (χ4n) is 2.42. The van der Waals surface area contributed by atoms with Crippen molar-refractivity contribution >= 4 is 40.2 Å². The van der Waals surface area contributed by atoms with Gasteiger partial charge in [0.2, 0.25) is 0 Å².